The number of hydrogen-bond donors (Lipinski definition) is 1. The second-order valence-electron chi connectivity index (χ2n) is 11.3. The molecule has 7 heteroatoms. The maximum absolute atomic E-state index is 14.1. The predicted octanol–water partition coefficient (Wildman–Crippen LogP) is 6.39. The number of hydrogen-bond acceptors (Lipinski definition) is 4. The molecule has 210 valence electrons. The SMILES string of the molecule is Cc1ccc(S(=O)(=O)N[C@H]2CCCc3ccc(N(Cc4cccc(C)n4)C(=O)[C@@H]4C[C@@H]4c4ccccc4)cc32)cc1. The highest BCUT2D eigenvalue weighted by Crippen LogP contribution is 2.49. The molecule has 3 aromatic carbocycles. The van der Waals surface area contributed by atoms with Crippen LogP contribution in [0.15, 0.2) is 95.9 Å². The van der Waals surface area contributed by atoms with Crippen LogP contribution in [0.1, 0.15) is 64.9 Å². The van der Waals surface area contributed by atoms with E-state index >= 15 is 0 Å². The summed E-state index contributed by atoms with van der Waals surface area (Å²) in [6.07, 6.45) is 3.30. The minimum absolute atomic E-state index is 0.0784. The summed E-state index contributed by atoms with van der Waals surface area (Å²) in [5.41, 5.74) is 6.76. The monoisotopic (exact) mass is 565 g/mol. The van der Waals surface area contributed by atoms with Crippen molar-refractivity contribution in [2.24, 2.45) is 5.92 Å². The molecule has 2 aliphatic rings. The van der Waals surface area contributed by atoms with Crippen LogP contribution in [0.4, 0.5) is 5.69 Å². The first kappa shape index (κ1) is 27.4. The highest BCUT2D eigenvalue weighted by molar-refractivity contribution is 7.89. The molecule has 1 fully saturated rings. The lowest BCUT2D eigenvalue weighted by atomic mass is 9.87. The van der Waals surface area contributed by atoms with Crippen LogP contribution in [0.5, 0.6) is 0 Å². The van der Waals surface area contributed by atoms with Gasteiger partial charge in [0.2, 0.25) is 15.9 Å². The molecular weight excluding hydrogens is 530 g/mol. The number of sulfonamides is 1. The fourth-order valence-electron chi connectivity index (χ4n) is 5.93. The molecule has 1 amide bonds. The van der Waals surface area contributed by atoms with E-state index in [4.69, 9.17) is 0 Å². The van der Waals surface area contributed by atoms with Gasteiger partial charge in [0.05, 0.1) is 17.1 Å². The fraction of sp³-hybridized carbons (Fsp3) is 0.294. The second kappa shape index (κ2) is 11.2. The quantitative estimate of drug-likeness (QED) is 0.268. The zero-order valence-electron chi connectivity index (χ0n) is 23.5. The lowest BCUT2D eigenvalue weighted by molar-refractivity contribution is -0.120. The predicted molar refractivity (Wildman–Crippen MR) is 161 cm³/mol. The molecule has 6 nitrogen and oxygen atoms in total. The van der Waals surface area contributed by atoms with Gasteiger partial charge in [0.1, 0.15) is 0 Å². The number of aromatic nitrogens is 1. The van der Waals surface area contributed by atoms with Crippen molar-refractivity contribution in [1.82, 2.24) is 9.71 Å². The molecule has 4 aromatic rings. The summed E-state index contributed by atoms with van der Waals surface area (Å²) in [6, 6.07) is 28.7. The van der Waals surface area contributed by atoms with Crippen LogP contribution in [0, 0.1) is 19.8 Å². The van der Waals surface area contributed by atoms with Crippen molar-refractivity contribution < 1.29 is 13.2 Å². The molecule has 41 heavy (non-hydrogen) atoms. The Morgan fingerprint density at radius 3 is 2.49 bits per heavy atom. The van der Waals surface area contributed by atoms with Crippen molar-refractivity contribution in [2.45, 2.75) is 62.9 Å². The number of anilines is 1. The average Bonchev–Trinajstić information content (AvgIpc) is 3.78. The first-order valence-electron chi connectivity index (χ1n) is 14.3. The number of aryl methyl sites for hydroxylation is 3. The summed E-state index contributed by atoms with van der Waals surface area (Å²) < 4.78 is 29.6. The highest BCUT2D eigenvalue weighted by Gasteiger charge is 2.46. The topological polar surface area (TPSA) is 79.4 Å². The lowest BCUT2D eigenvalue weighted by Gasteiger charge is -2.29. The number of amides is 1. The third-order valence-electron chi connectivity index (χ3n) is 8.25. The van der Waals surface area contributed by atoms with Crippen LogP contribution in [-0.4, -0.2) is 19.3 Å². The van der Waals surface area contributed by atoms with Gasteiger partial charge in [-0.2, -0.15) is 0 Å². The Kier molecular flexibility index (Phi) is 7.49. The minimum atomic E-state index is -3.70. The minimum Gasteiger partial charge on any atom is -0.306 e. The largest absolute Gasteiger partial charge is 0.306 e. The van der Waals surface area contributed by atoms with Gasteiger partial charge in [0.15, 0.2) is 0 Å². The van der Waals surface area contributed by atoms with E-state index in [2.05, 4.69) is 27.9 Å². The highest BCUT2D eigenvalue weighted by atomic mass is 32.2. The molecule has 0 radical (unpaired) electrons. The molecule has 1 heterocycles. The summed E-state index contributed by atoms with van der Waals surface area (Å²) in [6.45, 7) is 4.24. The van der Waals surface area contributed by atoms with Gasteiger partial charge >= 0.3 is 0 Å². The van der Waals surface area contributed by atoms with Crippen molar-refractivity contribution in [3.05, 3.63) is 125 Å². The van der Waals surface area contributed by atoms with Crippen molar-refractivity contribution in [2.75, 3.05) is 4.90 Å². The van der Waals surface area contributed by atoms with Crippen LogP contribution in [0.25, 0.3) is 0 Å². The second-order valence-corrected chi connectivity index (χ2v) is 13.0. The van der Waals surface area contributed by atoms with Gasteiger partial charge in [-0.05, 0) is 98.5 Å². The molecule has 0 unspecified atom stereocenters. The van der Waals surface area contributed by atoms with Crippen molar-refractivity contribution in [3.8, 4) is 0 Å². The number of rotatable bonds is 8. The molecule has 0 aliphatic heterocycles. The van der Waals surface area contributed by atoms with E-state index in [1.54, 1.807) is 12.1 Å². The van der Waals surface area contributed by atoms with Gasteiger partial charge in [-0.25, -0.2) is 13.1 Å². The molecule has 2 aliphatic carbocycles. The van der Waals surface area contributed by atoms with Gasteiger partial charge in [-0.15, -0.1) is 0 Å². The first-order chi connectivity index (χ1) is 19.8. The van der Waals surface area contributed by atoms with E-state index in [0.29, 0.717) is 13.0 Å². The first-order valence-corrected chi connectivity index (χ1v) is 15.8. The van der Waals surface area contributed by atoms with Gasteiger partial charge in [0, 0.05) is 23.3 Å². The Hall–Kier alpha value is -3.81. The van der Waals surface area contributed by atoms with Crippen molar-refractivity contribution in [3.63, 3.8) is 0 Å². The fourth-order valence-corrected chi connectivity index (χ4v) is 7.18. The number of carbonyl (C=O) groups excluding carboxylic acids is 1. The van der Waals surface area contributed by atoms with Crippen molar-refractivity contribution in [1.29, 1.82) is 0 Å². The molecule has 0 spiro atoms. The van der Waals surface area contributed by atoms with E-state index in [-0.39, 0.29) is 28.7 Å². The molecule has 1 saturated carbocycles. The average molecular weight is 566 g/mol. The van der Waals surface area contributed by atoms with Crippen LogP contribution in [0.3, 0.4) is 0 Å². The maximum Gasteiger partial charge on any atom is 0.241 e. The molecule has 0 saturated heterocycles. The Labute approximate surface area is 242 Å². The van der Waals surface area contributed by atoms with Crippen LogP contribution in [0.2, 0.25) is 0 Å². The van der Waals surface area contributed by atoms with Crippen LogP contribution < -0.4 is 9.62 Å². The summed E-state index contributed by atoms with van der Waals surface area (Å²) in [5, 5.41) is 0. The number of pyridine rings is 1. The van der Waals surface area contributed by atoms with E-state index < -0.39 is 10.0 Å². The van der Waals surface area contributed by atoms with Gasteiger partial charge in [0.25, 0.3) is 0 Å². The Balaban J connectivity index is 1.32. The number of fused-ring (bicyclic) bond motifs is 1. The molecule has 1 aromatic heterocycles. The molecular formula is C34H35N3O3S. The number of nitrogens with zero attached hydrogens (tertiary/aromatic N) is 2. The standard InChI is InChI=1S/C34H35N3O3S/c1-23-14-18-29(19-15-23)41(39,40)36-33-13-7-11-26-16-17-28(20-31(26)33)37(22-27-12-6-8-24(2)35-27)34(38)32-21-30(32)25-9-4-3-5-10-25/h3-6,8-10,12,14-20,30,32-33,36H,7,11,13,21-22H2,1-2H3/t30-,32-,33+/m1/s1. The number of benzene rings is 3. The van der Waals surface area contributed by atoms with Crippen LogP contribution >= 0.6 is 0 Å². The normalized spacial score (nSPS) is 19.8. The van der Waals surface area contributed by atoms with Gasteiger partial charge in [-0.3, -0.25) is 9.78 Å². The molecule has 1 N–H and O–H groups in total. The smallest absolute Gasteiger partial charge is 0.241 e. The number of carbonyl (C=O) groups is 1. The van der Waals surface area contributed by atoms with Gasteiger partial charge < -0.3 is 4.90 Å². The summed E-state index contributed by atoms with van der Waals surface area (Å²) >= 11 is 0. The van der Waals surface area contributed by atoms with E-state index in [1.807, 2.05) is 79.4 Å². The zero-order chi connectivity index (χ0) is 28.6. The van der Waals surface area contributed by atoms with E-state index in [9.17, 15) is 13.2 Å². The third-order valence-corrected chi connectivity index (χ3v) is 9.74. The summed E-state index contributed by atoms with van der Waals surface area (Å²) in [5.74, 6) is 0.201. The molecule has 6 rings (SSSR count). The van der Waals surface area contributed by atoms with E-state index in [0.717, 1.165) is 53.0 Å². The van der Waals surface area contributed by atoms with Crippen molar-refractivity contribution >= 4 is 21.6 Å². The molecule has 0 bridgehead atoms. The lowest BCUT2D eigenvalue weighted by Crippen LogP contribution is -2.34. The summed E-state index contributed by atoms with van der Waals surface area (Å²) in [4.78, 5) is 20.8. The van der Waals surface area contributed by atoms with Crippen LogP contribution in [-0.2, 0) is 27.8 Å². The Bertz CT molecular complexity index is 1670. The Morgan fingerprint density at radius 2 is 1.73 bits per heavy atom. The van der Waals surface area contributed by atoms with E-state index in [1.165, 1.54) is 5.56 Å². The maximum atomic E-state index is 14.1. The van der Waals surface area contributed by atoms with Gasteiger partial charge in [-0.1, -0.05) is 60.2 Å². The molecule has 3 atom stereocenters. The third kappa shape index (κ3) is 5.97. The Morgan fingerprint density at radius 1 is 0.951 bits per heavy atom. The number of nitrogens with one attached hydrogen (secondary N) is 1. The summed E-state index contributed by atoms with van der Waals surface area (Å²) in [7, 11) is -3.70. The zero-order valence-corrected chi connectivity index (χ0v) is 24.3.